The smallest absolute Gasteiger partial charge is 0.303 e. The third-order valence-electron chi connectivity index (χ3n) is 3.62. The number of alkyl halides is 3. The summed E-state index contributed by atoms with van der Waals surface area (Å²) < 4.78 is 37.8. The van der Waals surface area contributed by atoms with Crippen LogP contribution in [-0.2, 0) is 6.18 Å². The van der Waals surface area contributed by atoms with Crippen molar-refractivity contribution in [2.45, 2.75) is 31.9 Å². The number of benzene rings is 1. The van der Waals surface area contributed by atoms with Gasteiger partial charge in [-0.3, -0.25) is 4.79 Å². The lowest BCUT2D eigenvalue weighted by Gasteiger charge is -2.25. The summed E-state index contributed by atoms with van der Waals surface area (Å²) in [5.41, 5.74) is -0.613. The largest absolute Gasteiger partial charge is 0.416 e. The van der Waals surface area contributed by atoms with E-state index < -0.39 is 11.7 Å². The van der Waals surface area contributed by atoms with E-state index in [1.54, 1.807) is 0 Å². The summed E-state index contributed by atoms with van der Waals surface area (Å²) in [6.07, 6.45) is -0.627. The van der Waals surface area contributed by atoms with E-state index in [1.165, 1.54) is 18.6 Å². The maximum Gasteiger partial charge on any atom is 0.416 e. The average molecular weight is 285 g/mol. The first-order valence-corrected chi connectivity index (χ1v) is 6.89. The second kappa shape index (κ2) is 6.39. The SMILES string of the molecule is O=C(CCN1CCCCC1)c1cccc(C(F)(F)F)c1. The Morgan fingerprint density at radius 1 is 1.15 bits per heavy atom. The standard InChI is InChI=1S/C15H18F3NO/c16-15(17,18)13-6-4-5-12(11-13)14(20)7-10-19-8-2-1-3-9-19/h4-6,11H,1-3,7-10H2. The number of halogens is 3. The molecule has 1 aromatic rings. The number of ketones is 1. The zero-order chi connectivity index (χ0) is 14.6. The van der Waals surface area contributed by atoms with Crippen molar-refractivity contribution >= 4 is 5.78 Å². The summed E-state index contributed by atoms with van der Waals surface area (Å²) in [6.45, 7) is 2.60. The molecule has 0 atom stereocenters. The summed E-state index contributed by atoms with van der Waals surface area (Å²) in [6, 6.07) is 4.67. The Bertz CT molecular complexity index is 464. The van der Waals surface area contributed by atoms with E-state index in [0.29, 0.717) is 6.54 Å². The van der Waals surface area contributed by atoms with E-state index in [4.69, 9.17) is 0 Å². The molecule has 0 aliphatic carbocycles. The molecule has 20 heavy (non-hydrogen) atoms. The van der Waals surface area contributed by atoms with E-state index in [-0.39, 0.29) is 17.8 Å². The molecule has 2 nitrogen and oxygen atoms in total. The van der Waals surface area contributed by atoms with Crippen LogP contribution in [0.15, 0.2) is 24.3 Å². The van der Waals surface area contributed by atoms with Gasteiger partial charge in [0.15, 0.2) is 5.78 Å². The average Bonchev–Trinajstić information content (AvgIpc) is 2.45. The normalized spacial score (nSPS) is 17.1. The molecule has 5 heteroatoms. The molecule has 0 aromatic heterocycles. The van der Waals surface area contributed by atoms with Crippen molar-refractivity contribution in [3.05, 3.63) is 35.4 Å². The number of hydrogen-bond acceptors (Lipinski definition) is 2. The molecule has 1 saturated heterocycles. The molecule has 1 fully saturated rings. The van der Waals surface area contributed by atoms with Gasteiger partial charge in [0.1, 0.15) is 0 Å². The molecule has 0 radical (unpaired) electrons. The molecule has 0 saturated carbocycles. The molecule has 1 aliphatic heterocycles. The highest BCUT2D eigenvalue weighted by molar-refractivity contribution is 5.96. The number of hydrogen-bond donors (Lipinski definition) is 0. The van der Waals surface area contributed by atoms with Crippen LogP contribution in [0.5, 0.6) is 0 Å². The van der Waals surface area contributed by atoms with Crippen LogP contribution in [0.2, 0.25) is 0 Å². The van der Waals surface area contributed by atoms with Gasteiger partial charge in [-0.15, -0.1) is 0 Å². The molecule has 0 amide bonds. The second-order valence-electron chi connectivity index (χ2n) is 5.15. The topological polar surface area (TPSA) is 20.3 Å². The Balaban J connectivity index is 1.95. The van der Waals surface area contributed by atoms with E-state index in [0.717, 1.165) is 38.1 Å². The summed E-state index contributed by atoms with van der Waals surface area (Å²) >= 11 is 0. The molecule has 110 valence electrons. The highest BCUT2D eigenvalue weighted by Gasteiger charge is 2.30. The minimum Gasteiger partial charge on any atom is -0.303 e. The predicted molar refractivity (Wildman–Crippen MR) is 70.7 cm³/mol. The van der Waals surface area contributed by atoms with E-state index in [2.05, 4.69) is 4.90 Å². The summed E-state index contributed by atoms with van der Waals surface area (Å²) in [5.74, 6) is -0.221. The van der Waals surface area contributed by atoms with Gasteiger partial charge in [-0.1, -0.05) is 18.6 Å². The fourth-order valence-electron chi connectivity index (χ4n) is 2.46. The molecule has 0 spiro atoms. The number of likely N-dealkylation sites (tertiary alicyclic amines) is 1. The number of carbonyl (C=O) groups excluding carboxylic acids is 1. The van der Waals surface area contributed by atoms with Gasteiger partial charge in [0, 0.05) is 18.5 Å². The van der Waals surface area contributed by atoms with Crippen molar-refractivity contribution in [3.63, 3.8) is 0 Å². The number of nitrogens with zero attached hydrogens (tertiary/aromatic N) is 1. The quantitative estimate of drug-likeness (QED) is 0.785. The van der Waals surface area contributed by atoms with E-state index >= 15 is 0 Å². The first-order chi connectivity index (χ1) is 9.47. The van der Waals surface area contributed by atoms with Crippen LogP contribution in [0.1, 0.15) is 41.6 Å². The van der Waals surface area contributed by atoms with Gasteiger partial charge >= 0.3 is 6.18 Å². The lowest BCUT2D eigenvalue weighted by atomic mass is 10.0. The van der Waals surface area contributed by atoms with Crippen LogP contribution in [0, 0.1) is 0 Å². The van der Waals surface area contributed by atoms with Crippen molar-refractivity contribution in [2.24, 2.45) is 0 Å². The van der Waals surface area contributed by atoms with Crippen LogP contribution in [0.4, 0.5) is 13.2 Å². The number of piperidine rings is 1. The summed E-state index contributed by atoms with van der Waals surface area (Å²) in [7, 11) is 0. The lowest BCUT2D eigenvalue weighted by molar-refractivity contribution is -0.137. The first-order valence-electron chi connectivity index (χ1n) is 6.89. The molecule has 0 unspecified atom stereocenters. The third-order valence-corrected chi connectivity index (χ3v) is 3.62. The highest BCUT2D eigenvalue weighted by Crippen LogP contribution is 2.29. The van der Waals surface area contributed by atoms with Gasteiger partial charge in [0.25, 0.3) is 0 Å². The minimum absolute atomic E-state index is 0.150. The minimum atomic E-state index is -4.40. The number of rotatable bonds is 4. The second-order valence-corrected chi connectivity index (χ2v) is 5.15. The van der Waals surface area contributed by atoms with E-state index in [1.807, 2.05) is 0 Å². The van der Waals surface area contributed by atoms with Crippen LogP contribution in [0.3, 0.4) is 0 Å². The molecule has 1 aromatic carbocycles. The van der Waals surface area contributed by atoms with Crippen LogP contribution in [0.25, 0.3) is 0 Å². The molecule has 2 rings (SSSR count). The van der Waals surface area contributed by atoms with Gasteiger partial charge in [-0.2, -0.15) is 13.2 Å². The van der Waals surface area contributed by atoms with Crippen LogP contribution >= 0.6 is 0 Å². The molecule has 1 aliphatic rings. The van der Waals surface area contributed by atoms with Crippen molar-refractivity contribution in [1.29, 1.82) is 0 Å². The Morgan fingerprint density at radius 3 is 2.50 bits per heavy atom. The molecular formula is C15H18F3NO. The monoisotopic (exact) mass is 285 g/mol. The highest BCUT2D eigenvalue weighted by atomic mass is 19.4. The number of Topliss-reactive ketones (excluding diaryl/α,β-unsaturated/α-hetero) is 1. The lowest BCUT2D eigenvalue weighted by Crippen LogP contribution is -2.31. The molecule has 1 heterocycles. The van der Waals surface area contributed by atoms with Crippen molar-refractivity contribution in [3.8, 4) is 0 Å². The zero-order valence-corrected chi connectivity index (χ0v) is 11.2. The molecular weight excluding hydrogens is 267 g/mol. The summed E-state index contributed by atoms with van der Waals surface area (Å²) in [4.78, 5) is 14.2. The van der Waals surface area contributed by atoms with E-state index in [9.17, 15) is 18.0 Å². The van der Waals surface area contributed by atoms with Crippen LogP contribution < -0.4 is 0 Å². The van der Waals surface area contributed by atoms with Gasteiger partial charge in [0.2, 0.25) is 0 Å². The van der Waals surface area contributed by atoms with Crippen LogP contribution in [-0.4, -0.2) is 30.3 Å². The van der Waals surface area contributed by atoms with Gasteiger partial charge in [-0.25, -0.2) is 0 Å². The Labute approximate surface area is 116 Å². The fourth-order valence-corrected chi connectivity index (χ4v) is 2.46. The van der Waals surface area contributed by atoms with Crippen molar-refractivity contribution < 1.29 is 18.0 Å². The third kappa shape index (κ3) is 4.07. The maximum absolute atomic E-state index is 12.6. The van der Waals surface area contributed by atoms with Gasteiger partial charge in [-0.05, 0) is 38.1 Å². The molecule has 0 N–H and O–H groups in total. The van der Waals surface area contributed by atoms with Crippen molar-refractivity contribution in [2.75, 3.05) is 19.6 Å². The predicted octanol–water partition coefficient (Wildman–Crippen LogP) is 3.76. The summed E-state index contributed by atoms with van der Waals surface area (Å²) in [5, 5.41) is 0. The Morgan fingerprint density at radius 2 is 1.85 bits per heavy atom. The zero-order valence-electron chi connectivity index (χ0n) is 11.2. The van der Waals surface area contributed by atoms with Gasteiger partial charge < -0.3 is 4.90 Å². The molecule has 0 bridgehead atoms. The first kappa shape index (κ1) is 15.0. The fraction of sp³-hybridized carbons (Fsp3) is 0.533. The number of carbonyl (C=O) groups is 1. The maximum atomic E-state index is 12.6. The Hall–Kier alpha value is -1.36. The van der Waals surface area contributed by atoms with Crippen molar-refractivity contribution in [1.82, 2.24) is 4.90 Å². The van der Waals surface area contributed by atoms with Gasteiger partial charge in [0.05, 0.1) is 5.56 Å². The Kier molecular flexibility index (Phi) is 4.81.